The fraction of sp³-hybridized carbons (Fsp3) is 0.0667. The fourth-order valence-corrected chi connectivity index (χ4v) is 1.88. The van der Waals surface area contributed by atoms with Gasteiger partial charge in [-0.05, 0) is 35.8 Å². The number of aromatic amines is 1. The van der Waals surface area contributed by atoms with E-state index in [9.17, 15) is 4.79 Å². The van der Waals surface area contributed by atoms with Crippen LogP contribution < -0.4 is 11.5 Å². The van der Waals surface area contributed by atoms with Crippen molar-refractivity contribution in [1.29, 1.82) is 0 Å². The van der Waals surface area contributed by atoms with Crippen LogP contribution in [0.5, 0.6) is 0 Å². The van der Waals surface area contributed by atoms with Crippen LogP contribution in [0.2, 0.25) is 0 Å². The molecule has 1 aromatic carbocycles. The number of amides is 1. The molecular formula is C15H16N4O. The predicted octanol–water partition coefficient (Wildman–Crippen LogP) is 1.89. The summed E-state index contributed by atoms with van der Waals surface area (Å²) in [6.07, 6.45) is 5.53. The minimum absolute atomic E-state index is 0.235. The van der Waals surface area contributed by atoms with Crippen LogP contribution in [0.1, 0.15) is 12.5 Å². The van der Waals surface area contributed by atoms with Crippen molar-refractivity contribution in [3.63, 3.8) is 0 Å². The first-order valence-electron chi connectivity index (χ1n) is 6.12. The van der Waals surface area contributed by atoms with E-state index < -0.39 is 5.91 Å². The van der Waals surface area contributed by atoms with Crippen molar-refractivity contribution in [2.75, 3.05) is 0 Å². The molecule has 2 aromatic rings. The highest BCUT2D eigenvalue weighted by Crippen LogP contribution is 2.25. The number of nitrogens with zero attached hydrogens (tertiary/aromatic N) is 1. The van der Waals surface area contributed by atoms with E-state index in [0.717, 1.165) is 16.7 Å². The summed E-state index contributed by atoms with van der Waals surface area (Å²) >= 11 is 0. The van der Waals surface area contributed by atoms with Crippen LogP contribution in [0.3, 0.4) is 0 Å². The largest absolute Gasteiger partial charge is 0.370 e. The van der Waals surface area contributed by atoms with Crippen molar-refractivity contribution in [3.05, 3.63) is 53.9 Å². The predicted molar refractivity (Wildman–Crippen MR) is 80.7 cm³/mol. The van der Waals surface area contributed by atoms with E-state index in [1.807, 2.05) is 42.7 Å². The third kappa shape index (κ3) is 3.14. The van der Waals surface area contributed by atoms with Gasteiger partial charge in [-0.2, -0.15) is 4.99 Å². The van der Waals surface area contributed by atoms with E-state index in [1.165, 1.54) is 0 Å². The van der Waals surface area contributed by atoms with Crippen LogP contribution in [0, 0.1) is 0 Å². The minimum atomic E-state index is -0.436. The summed E-state index contributed by atoms with van der Waals surface area (Å²) < 4.78 is 0. The summed E-state index contributed by atoms with van der Waals surface area (Å²) in [5.74, 6) is -0.671. The second-order valence-electron chi connectivity index (χ2n) is 4.36. The monoisotopic (exact) mass is 268 g/mol. The maximum atomic E-state index is 11.7. The lowest BCUT2D eigenvalue weighted by Crippen LogP contribution is -2.24. The Morgan fingerprint density at radius 3 is 2.65 bits per heavy atom. The molecule has 2 rings (SSSR count). The van der Waals surface area contributed by atoms with E-state index in [4.69, 9.17) is 11.5 Å². The number of guanidine groups is 1. The lowest BCUT2D eigenvalue weighted by molar-refractivity contribution is -0.114. The van der Waals surface area contributed by atoms with Gasteiger partial charge in [0.15, 0.2) is 5.96 Å². The van der Waals surface area contributed by atoms with E-state index in [-0.39, 0.29) is 5.96 Å². The van der Waals surface area contributed by atoms with Crippen LogP contribution in [0.25, 0.3) is 17.2 Å². The molecule has 1 aromatic heterocycles. The molecule has 0 fully saturated rings. The number of hydrogen-bond donors (Lipinski definition) is 3. The van der Waals surface area contributed by atoms with Crippen LogP contribution >= 0.6 is 0 Å². The maximum absolute atomic E-state index is 11.7. The summed E-state index contributed by atoms with van der Waals surface area (Å²) in [6.45, 7) is 1.68. The van der Waals surface area contributed by atoms with E-state index >= 15 is 0 Å². The molecule has 102 valence electrons. The quantitative estimate of drug-likeness (QED) is 0.450. The SMILES string of the molecule is C/C(=C\c1ccccc1-c1cc[nH]c1)C(=O)N=C(N)N. The molecule has 0 bridgehead atoms. The summed E-state index contributed by atoms with van der Waals surface area (Å²) in [5.41, 5.74) is 13.9. The number of nitrogens with two attached hydrogens (primary N) is 2. The number of carbonyl (C=O) groups is 1. The molecule has 5 N–H and O–H groups in total. The number of nitrogens with one attached hydrogen (secondary N) is 1. The number of H-pyrrole nitrogens is 1. The van der Waals surface area contributed by atoms with Crippen molar-refractivity contribution in [1.82, 2.24) is 4.98 Å². The second-order valence-corrected chi connectivity index (χ2v) is 4.36. The Bertz CT molecular complexity index is 665. The van der Waals surface area contributed by atoms with Gasteiger partial charge in [0.1, 0.15) is 0 Å². The number of hydrogen-bond acceptors (Lipinski definition) is 1. The Hall–Kier alpha value is -2.82. The number of benzene rings is 1. The molecule has 0 saturated heterocycles. The highest BCUT2D eigenvalue weighted by atomic mass is 16.1. The molecule has 5 heteroatoms. The van der Waals surface area contributed by atoms with Crippen molar-refractivity contribution in [2.24, 2.45) is 16.5 Å². The van der Waals surface area contributed by atoms with Gasteiger partial charge < -0.3 is 16.5 Å². The van der Waals surface area contributed by atoms with Gasteiger partial charge in [0, 0.05) is 18.0 Å². The molecule has 0 aliphatic carbocycles. The lowest BCUT2D eigenvalue weighted by Gasteiger charge is -2.04. The first kappa shape index (κ1) is 13.6. The zero-order chi connectivity index (χ0) is 14.5. The summed E-state index contributed by atoms with van der Waals surface area (Å²) in [6, 6.07) is 9.77. The number of rotatable bonds is 3. The highest BCUT2D eigenvalue weighted by molar-refractivity contribution is 6.04. The standard InChI is InChI=1S/C15H16N4O/c1-10(14(20)19-15(16)17)8-11-4-2-3-5-13(11)12-6-7-18-9-12/h2-9,18H,1H3,(H4,16,17,19,20)/b10-8+. The summed E-state index contributed by atoms with van der Waals surface area (Å²) in [4.78, 5) is 18.3. The molecule has 0 spiro atoms. The van der Waals surface area contributed by atoms with Gasteiger partial charge in [-0.1, -0.05) is 24.3 Å². The molecule has 1 amide bonds. The third-order valence-corrected chi connectivity index (χ3v) is 2.81. The van der Waals surface area contributed by atoms with Gasteiger partial charge in [-0.3, -0.25) is 4.79 Å². The van der Waals surface area contributed by atoms with Crippen LogP contribution in [-0.2, 0) is 4.79 Å². The fourth-order valence-electron chi connectivity index (χ4n) is 1.88. The lowest BCUT2D eigenvalue weighted by atomic mass is 10.0. The molecule has 0 unspecified atom stereocenters. The zero-order valence-corrected chi connectivity index (χ0v) is 11.1. The van der Waals surface area contributed by atoms with Crippen LogP contribution in [0.4, 0.5) is 0 Å². The third-order valence-electron chi connectivity index (χ3n) is 2.81. The van der Waals surface area contributed by atoms with Gasteiger partial charge in [0.25, 0.3) is 5.91 Å². The number of aromatic nitrogens is 1. The van der Waals surface area contributed by atoms with Crippen molar-refractivity contribution < 1.29 is 4.79 Å². The molecule has 0 radical (unpaired) electrons. The van der Waals surface area contributed by atoms with Crippen LogP contribution in [-0.4, -0.2) is 16.9 Å². The van der Waals surface area contributed by atoms with Crippen LogP contribution in [0.15, 0.2) is 53.3 Å². The van der Waals surface area contributed by atoms with Crippen molar-refractivity contribution in [3.8, 4) is 11.1 Å². The minimum Gasteiger partial charge on any atom is -0.370 e. The maximum Gasteiger partial charge on any atom is 0.275 e. The highest BCUT2D eigenvalue weighted by Gasteiger charge is 2.07. The Labute approximate surface area is 117 Å². The van der Waals surface area contributed by atoms with E-state index in [0.29, 0.717) is 5.57 Å². The average Bonchev–Trinajstić information content (AvgIpc) is 2.92. The van der Waals surface area contributed by atoms with Gasteiger partial charge >= 0.3 is 0 Å². The van der Waals surface area contributed by atoms with Crippen molar-refractivity contribution >= 4 is 17.9 Å². The van der Waals surface area contributed by atoms with Gasteiger partial charge in [-0.15, -0.1) is 0 Å². The molecular weight excluding hydrogens is 252 g/mol. The van der Waals surface area contributed by atoms with Gasteiger partial charge in [0.2, 0.25) is 0 Å². The Kier molecular flexibility index (Phi) is 4.00. The van der Waals surface area contributed by atoms with E-state index in [2.05, 4.69) is 9.98 Å². The molecule has 0 aliphatic rings. The molecule has 1 heterocycles. The Morgan fingerprint density at radius 2 is 2.00 bits per heavy atom. The topological polar surface area (TPSA) is 97.3 Å². The smallest absolute Gasteiger partial charge is 0.275 e. The molecule has 0 aliphatic heterocycles. The van der Waals surface area contributed by atoms with E-state index in [1.54, 1.807) is 13.0 Å². The van der Waals surface area contributed by atoms with Gasteiger partial charge in [-0.25, -0.2) is 0 Å². The Balaban J connectivity index is 2.39. The second kappa shape index (κ2) is 5.88. The normalized spacial score (nSPS) is 11.2. The number of carbonyl (C=O) groups excluding carboxylic acids is 1. The molecule has 5 nitrogen and oxygen atoms in total. The Morgan fingerprint density at radius 1 is 1.25 bits per heavy atom. The first-order valence-corrected chi connectivity index (χ1v) is 6.12. The first-order chi connectivity index (χ1) is 9.58. The zero-order valence-electron chi connectivity index (χ0n) is 11.1. The average molecular weight is 268 g/mol. The summed E-state index contributed by atoms with van der Waals surface area (Å²) in [7, 11) is 0. The summed E-state index contributed by atoms with van der Waals surface area (Å²) in [5, 5.41) is 0. The number of aliphatic imine (C=N–C) groups is 1. The molecule has 0 saturated carbocycles. The van der Waals surface area contributed by atoms with Crippen molar-refractivity contribution in [2.45, 2.75) is 6.92 Å². The van der Waals surface area contributed by atoms with Gasteiger partial charge in [0.05, 0.1) is 0 Å². The molecule has 0 atom stereocenters. The molecule has 20 heavy (non-hydrogen) atoms.